The first-order chi connectivity index (χ1) is 22.0. The van der Waals surface area contributed by atoms with Crippen LogP contribution in [0.3, 0.4) is 0 Å². The second kappa shape index (κ2) is 26.8. The third-order valence-electron chi connectivity index (χ3n) is 6.13. The van der Waals surface area contributed by atoms with E-state index in [2.05, 4.69) is 21.3 Å². The lowest BCUT2D eigenvalue weighted by Crippen LogP contribution is -2.51. The van der Waals surface area contributed by atoms with Crippen LogP contribution in [-0.4, -0.2) is 151 Å². The number of nitrogens with zero attached hydrogens (tertiary/aromatic N) is 1. The molecular formula is C31H60N5O11+. The van der Waals surface area contributed by atoms with E-state index >= 15 is 0 Å². The van der Waals surface area contributed by atoms with Gasteiger partial charge in [0.15, 0.2) is 12.3 Å². The molecule has 0 aliphatic heterocycles. The summed E-state index contributed by atoms with van der Waals surface area (Å²) in [5.41, 5.74) is -0.432. The molecule has 1 atom stereocenters. The number of amides is 4. The smallest absolute Gasteiger partial charge is 0.326 e. The molecule has 5 N–H and O–H groups in total. The maximum atomic E-state index is 12.3. The maximum absolute atomic E-state index is 12.3. The summed E-state index contributed by atoms with van der Waals surface area (Å²) in [4.78, 5) is 69.9. The Morgan fingerprint density at radius 3 is 1.70 bits per heavy atom. The minimum Gasteiger partial charge on any atom is -0.480 e. The van der Waals surface area contributed by atoms with Gasteiger partial charge in [0, 0.05) is 31.8 Å². The minimum atomic E-state index is -1.21. The number of aliphatic carboxylic acids is 1. The molecule has 0 saturated heterocycles. The van der Waals surface area contributed by atoms with Gasteiger partial charge in [0.05, 0.1) is 66.8 Å². The van der Waals surface area contributed by atoms with Gasteiger partial charge < -0.3 is 49.8 Å². The molecule has 0 bridgehead atoms. The summed E-state index contributed by atoms with van der Waals surface area (Å²) in [5.74, 6) is -2.46. The first-order valence-electron chi connectivity index (χ1n) is 16.0. The summed E-state index contributed by atoms with van der Waals surface area (Å²) in [5, 5.41) is 19.4. The molecule has 0 aromatic heterocycles. The highest BCUT2D eigenvalue weighted by molar-refractivity contribution is 5.85. The van der Waals surface area contributed by atoms with Crippen LogP contribution in [0.15, 0.2) is 0 Å². The van der Waals surface area contributed by atoms with Crippen LogP contribution in [0, 0.1) is 5.41 Å². The molecule has 16 nitrogen and oxygen atoms in total. The predicted molar refractivity (Wildman–Crippen MR) is 174 cm³/mol. The molecule has 4 amide bonds. The molecule has 0 aromatic rings. The molecule has 0 rings (SSSR count). The van der Waals surface area contributed by atoms with Crippen molar-refractivity contribution in [3.05, 3.63) is 0 Å². The van der Waals surface area contributed by atoms with Crippen molar-refractivity contribution < 1.29 is 57.3 Å². The quantitative estimate of drug-likeness (QED) is 0.0582. The Balaban J connectivity index is 0. The number of hydrogen-bond acceptors (Lipinski definition) is 10. The number of carboxylic acids is 1. The van der Waals surface area contributed by atoms with Crippen LogP contribution < -0.4 is 21.3 Å². The van der Waals surface area contributed by atoms with Crippen molar-refractivity contribution in [2.75, 3.05) is 99.7 Å². The Bertz CT molecular complexity index is 939. The number of rotatable bonds is 26. The molecule has 47 heavy (non-hydrogen) atoms. The summed E-state index contributed by atoms with van der Waals surface area (Å²) >= 11 is 0. The summed E-state index contributed by atoms with van der Waals surface area (Å²) in [6, 6.07) is -1.12. The van der Waals surface area contributed by atoms with Gasteiger partial charge in [0.2, 0.25) is 17.7 Å². The first-order valence-corrected chi connectivity index (χ1v) is 16.0. The fourth-order valence-electron chi connectivity index (χ4n) is 3.45. The molecule has 0 saturated carbocycles. The van der Waals surface area contributed by atoms with E-state index in [9.17, 15) is 28.8 Å². The zero-order valence-corrected chi connectivity index (χ0v) is 29.7. The van der Waals surface area contributed by atoms with Crippen molar-refractivity contribution >= 4 is 35.4 Å². The number of likely N-dealkylation sites (N-methyl/N-ethyl adjacent to an activating group) is 1. The number of nitrogens with one attached hydrogen (secondary N) is 4. The molecule has 16 heteroatoms. The van der Waals surface area contributed by atoms with Crippen LogP contribution in [0.1, 0.15) is 54.4 Å². The Labute approximate surface area is 279 Å². The van der Waals surface area contributed by atoms with Crippen LogP contribution in [0.5, 0.6) is 0 Å². The zero-order valence-electron chi connectivity index (χ0n) is 29.7. The molecule has 0 spiro atoms. The van der Waals surface area contributed by atoms with Crippen molar-refractivity contribution in [2.24, 2.45) is 5.41 Å². The topological polar surface area (TPSA) is 208 Å². The number of Topliss-reactive ketones (excluding diaryl/α,β-unsaturated/α-hetero) is 1. The molecule has 0 aliphatic rings. The summed E-state index contributed by atoms with van der Waals surface area (Å²) < 4.78 is 21.7. The van der Waals surface area contributed by atoms with Crippen LogP contribution in [0.2, 0.25) is 0 Å². The highest BCUT2D eigenvalue weighted by Crippen LogP contribution is 2.14. The number of carboxylic acid groups (broad SMARTS) is 1. The standard InChI is InChI=1S/C29H53N5O11.C2H6/c1-22(35)33-23(28(40)41)7-8-25(37)31-10-13-42-16-18-45-21-27(39)30-9-12-34(5,6)19-26(38)32-11-14-43-15-17-44-20-24(36)29(2,3)4;1-2/h23H,7-21H2,1-6H3,(H4-,30,31,32,33,35,37,38,39,40,41);1-2H3/p+1. The normalized spacial score (nSPS) is 11.8. The largest absolute Gasteiger partial charge is 0.480 e. The van der Waals surface area contributed by atoms with Gasteiger partial charge in [-0.3, -0.25) is 24.0 Å². The fraction of sp³-hybridized carbons (Fsp3) is 0.806. The van der Waals surface area contributed by atoms with Crippen molar-refractivity contribution in [1.82, 2.24) is 21.3 Å². The second-order valence-corrected chi connectivity index (χ2v) is 12.0. The van der Waals surface area contributed by atoms with Gasteiger partial charge in [-0.1, -0.05) is 34.6 Å². The summed E-state index contributed by atoms with van der Waals surface area (Å²) in [6.07, 6.45) is -0.0869. The van der Waals surface area contributed by atoms with Gasteiger partial charge in [-0.2, -0.15) is 0 Å². The number of carbonyl (C=O) groups is 6. The highest BCUT2D eigenvalue weighted by atomic mass is 16.5. The molecule has 0 radical (unpaired) electrons. The van der Waals surface area contributed by atoms with Gasteiger partial charge in [-0.15, -0.1) is 0 Å². The fourth-order valence-corrected chi connectivity index (χ4v) is 3.45. The monoisotopic (exact) mass is 678 g/mol. The molecule has 0 aliphatic carbocycles. The lowest BCUT2D eigenvalue weighted by atomic mass is 9.91. The Hall–Kier alpha value is -3.18. The van der Waals surface area contributed by atoms with Crippen molar-refractivity contribution in [3.63, 3.8) is 0 Å². The van der Waals surface area contributed by atoms with Crippen LogP contribution in [0.4, 0.5) is 0 Å². The minimum absolute atomic E-state index is 0.0266. The van der Waals surface area contributed by atoms with E-state index < -0.39 is 23.3 Å². The maximum Gasteiger partial charge on any atom is 0.326 e. The van der Waals surface area contributed by atoms with E-state index in [0.717, 1.165) is 0 Å². The average Bonchev–Trinajstić information content (AvgIpc) is 2.97. The zero-order chi connectivity index (χ0) is 36.3. The van der Waals surface area contributed by atoms with Crippen molar-refractivity contribution in [1.29, 1.82) is 0 Å². The number of hydrogen-bond donors (Lipinski definition) is 5. The van der Waals surface area contributed by atoms with Crippen LogP contribution >= 0.6 is 0 Å². The number of ether oxygens (including phenoxy) is 4. The van der Waals surface area contributed by atoms with E-state index in [1.54, 1.807) is 0 Å². The van der Waals surface area contributed by atoms with Gasteiger partial charge in [-0.25, -0.2) is 4.79 Å². The Morgan fingerprint density at radius 2 is 1.19 bits per heavy atom. The first kappa shape index (κ1) is 45.9. The summed E-state index contributed by atoms with van der Waals surface area (Å²) in [6.45, 7) is 13.9. The molecule has 274 valence electrons. The molecule has 1 unspecified atom stereocenters. The van der Waals surface area contributed by atoms with Crippen molar-refractivity contribution in [3.8, 4) is 0 Å². The lowest BCUT2D eigenvalue weighted by Gasteiger charge is -2.29. The number of ketones is 1. The molecule has 0 heterocycles. The van der Waals surface area contributed by atoms with E-state index in [0.29, 0.717) is 43.9 Å². The second-order valence-electron chi connectivity index (χ2n) is 12.0. The van der Waals surface area contributed by atoms with E-state index in [1.165, 1.54) is 6.92 Å². The SMILES string of the molecule is CC.CC(=O)NC(CCC(=O)NCCOCCOCC(=O)NCC[N+](C)(C)CC(=O)NCCOCCOCC(=O)C(C)(C)C)C(=O)O. The molecule has 0 aromatic carbocycles. The van der Waals surface area contributed by atoms with E-state index in [-0.39, 0.29) is 82.5 Å². The number of carbonyl (C=O) groups excluding carboxylic acids is 5. The van der Waals surface area contributed by atoms with Gasteiger partial charge in [-0.05, 0) is 6.42 Å². The highest BCUT2D eigenvalue weighted by Gasteiger charge is 2.22. The third-order valence-corrected chi connectivity index (χ3v) is 6.13. The van der Waals surface area contributed by atoms with Crippen LogP contribution in [0.25, 0.3) is 0 Å². The van der Waals surface area contributed by atoms with E-state index in [1.807, 2.05) is 48.7 Å². The van der Waals surface area contributed by atoms with Gasteiger partial charge in [0.1, 0.15) is 19.3 Å². The van der Waals surface area contributed by atoms with Crippen LogP contribution in [-0.2, 0) is 47.7 Å². The lowest BCUT2D eigenvalue weighted by molar-refractivity contribution is -0.881. The van der Waals surface area contributed by atoms with Crippen molar-refractivity contribution in [2.45, 2.75) is 60.4 Å². The van der Waals surface area contributed by atoms with Gasteiger partial charge >= 0.3 is 5.97 Å². The van der Waals surface area contributed by atoms with Gasteiger partial charge in [0.25, 0.3) is 5.91 Å². The average molecular weight is 679 g/mol. The summed E-state index contributed by atoms with van der Waals surface area (Å²) in [7, 11) is 3.76. The molecule has 0 fully saturated rings. The number of quaternary nitrogens is 1. The Kier molecular flexibility index (Phi) is 26.2. The molecular weight excluding hydrogens is 618 g/mol. The third kappa shape index (κ3) is 28.7. The van der Waals surface area contributed by atoms with E-state index in [4.69, 9.17) is 24.1 Å². The predicted octanol–water partition coefficient (Wildman–Crippen LogP) is -0.511. The Morgan fingerprint density at radius 1 is 0.702 bits per heavy atom.